The molecule has 0 radical (unpaired) electrons. The van der Waals surface area contributed by atoms with Gasteiger partial charge in [-0.3, -0.25) is 4.79 Å². The summed E-state index contributed by atoms with van der Waals surface area (Å²) in [6.07, 6.45) is -2.36. The third kappa shape index (κ3) is 4.32. The van der Waals surface area contributed by atoms with Crippen molar-refractivity contribution in [2.75, 3.05) is 11.4 Å². The van der Waals surface area contributed by atoms with Gasteiger partial charge in [0.25, 0.3) is 5.91 Å². The maximum absolute atomic E-state index is 13.3. The zero-order valence-corrected chi connectivity index (χ0v) is 18.1. The highest BCUT2D eigenvalue weighted by molar-refractivity contribution is 8.00. The molecule has 3 aromatic rings. The van der Waals surface area contributed by atoms with Crippen molar-refractivity contribution in [2.45, 2.75) is 43.5 Å². The van der Waals surface area contributed by atoms with E-state index in [-0.39, 0.29) is 16.8 Å². The standard InChI is InChI=1S/C22H21F3N4OS/c1-13-10-14(2)29(27-13)20-7-4-16(12-26-20)21(30)28-9-8-15(3)31-19-6-5-17(11-18(19)28)22(23,24)25/h4-7,10-12,15H,8-9H2,1-3H3. The molecule has 9 heteroatoms. The maximum Gasteiger partial charge on any atom is 0.416 e. The van der Waals surface area contributed by atoms with Crippen LogP contribution in [-0.2, 0) is 6.18 Å². The Kier molecular flexibility index (Phi) is 5.55. The zero-order chi connectivity index (χ0) is 22.3. The van der Waals surface area contributed by atoms with E-state index in [2.05, 4.69) is 10.1 Å². The van der Waals surface area contributed by atoms with Gasteiger partial charge in [0, 0.05) is 28.6 Å². The van der Waals surface area contributed by atoms with E-state index in [0.717, 1.165) is 23.5 Å². The van der Waals surface area contributed by atoms with Crippen LogP contribution >= 0.6 is 11.8 Å². The Morgan fingerprint density at radius 2 is 1.94 bits per heavy atom. The SMILES string of the molecule is Cc1cc(C)n(-c2ccc(C(=O)N3CCC(C)Sc4ccc(C(F)(F)F)cc43)cn2)n1. The number of halogens is 3. The van der Waals surface area contributed by atoms with Crippen molar-refractivity contribution in [1.82, 2.24) is 14.8 Å². The summed E-state index contributed by atoms with van der Waals surface area (Å²) in [5.41, 5.74) is 1.60. The third-order valence-corrected chi connectivity index (χ3v) is 6.37. The lowest BCUT2D eigenvalue weighted by Crippen LogP contribution is -2.32. The van der Waals surface area contributed by atoms with Crippen LogP contribution in [0.25, 0.3) is 5.82 Å². The van der Waals surface area contributed by atoms with Gasteiger partial charge in [0.2, 0.25) is 0 Å². The van der Waals surface area contributed by atoms with Crippen LogP contribution in [-0.4, -0.2) is 32.5 Å². The van der Waals surface area contributed by atoms with Gasteiger partial charge in [0.05, 0.1) is 22.5 Å². The number of anilines is 1. The summed E-state index contributed by atoms with van der Waals surface area (Å²) in [6.45, 7) is 6.13. The van der Waals surface area contributed by atoms with E-state index in [4.69, 9.17) is 0 Å². The molecule has 1 amide bonds. The number of pyridine rings is 1. The molecule has 2 aromatic heterocycles. The lowest BCUT2D eigenvalue weighted by Gasteiger charge is -2.23. The average Bonchev–Trinajstić information content (AvgIpc) is 2.96. The topological polar surface area (TPSA) is 51.0 Å². The molecule has 0 aliphatic carbocycles. The lowest BCUT2D eigenvalue weighted by atomic mass is 10.1. The van der Waals surface area contributed by atoms with Crippen LogP contribution in [0.5, 0.6) is 0 Å². The number of thioether (sulfide) groups is 1. The van der Waals surface area contributed by atoms with E-state index in [1.54, 1.807) is 16.8 Å². The Morgan fingerprint density at radius 1 is 1.16 bits per heavy atom. The molecule has 162 valence electrons. The van der Waals surface area contributed by atoms with Gasteiger partial charge in [-0.25, -0.2) is 9.67 Å². The van der Waals surface area contributed by atoms with E-state index >= 15 is 0 Å². The van der Waals surface area contributed by atoms with E-state index in [1.807, 2.05) is 26.8 Å². The fraction of sp³-hybridized carbons (Fsp3) is 0.318. The fourth-order valence-electron chi connectivity index (χ4n) is 3.58. The van der Waals surface area contributed by atoms with E-state index in [0.29, 0.717) is 29.2 Å². The first-order valence-corrected chi connectivity index (χ1v) is 10.7. The molecule has 31 heavy (non-hydrogen) atoms. The van der Waals surface area contributed by atoms with Gasteiger partial charge in [0.15, 0.2) is 5.82 Å². The minimum absolute atomic E-state index is 0.180. The van der Waals surface area contributed by atoms with Crippen LogP contribution in [0.15, 0.2) is 47.5 Å². The summed E-state index contributed by atoms with van der Waals surface area (Å²) >= 11 is 1.48. The molecule has 1 aliphatic heterocycles. The highest BCUT2D eigenvalue weighted by atomic mass is 32.2. The van der Waals surface area contributed by atoms with Crippen molar-refractivity contribution in [3.05, 3.63) is 65.1 Å². The van der Waals surface area contributed by atoms with Gasteiger partial charge in [0.1, 0.15) is 0 Å². The highest BCUT2D eigenvalue weighted by Gasteiger charge is 2.33. The molecular weight excluding hydrogens is 425 g/mol. The Balaban J connectivity index is 1.69. The molecule has 0 spiro atoms. The smallest absolute Gasteiger partial charge is 0.307 e. The number of aromatic nitrogens is 3. The molecule has 0 fully saturated rings. The van der Waals surface area contributed by atoms with Crippen LogP contribution in [0.4, 0.5) is 18.9 Å². The van der Waals surface area contributed by atoms with Gasteiger partial charge in [-0.2, -0.15) is 18.3 Å². The second-order valence-electron chi connectivity index (χ2n) is 7.60. The highest BCUT2D eigenvalue weighted by Crippen LogP contribution is 2.41. The fourth-order valence-corrected chi connectivity index (χ4v) is 4.67. The van der Waals surface area contributed by atoms with Gasteiger partial charge < -0.3 is 4.90 Å². The quantitative estimate of drug-likeness (QED) is 0.527. The van der Waals surface area contributed by atoms with Gasteiger partial charge in [-0.1, -0.05) is 6.92 Å². The van der Waals surface area contributed by atoms with Crippen LogP contribution in [0.3, 0.4) is 0 Å². The molecule has 4 rings (SSSR count). The molecular formula is C22H21F3N4OS. The molecule has 0 saturated heterocycles. The van der Waals surface area contributed by atoms with Gasteiger partial charge >= 0.3 is 6.18 Å². The number of alkyl halides is 3. The summed E-state index contributed by atoms with van der Waals surface area (Å²) in [4.78, 5) is 19.7. The van der Waals surface area contributed by atoms with E-state index in [1.165, 1.54) is 28.9 Å². The number of carbonyl (C=O) groups excluding carboxylic acids is 1. The Morgan fingerprint density at radius 3 is 2.55 bits per heavy atom. The largest absolute Gasteiger partial charge is 0.416 e. The number of benzene rings is 1. The lowest BCUT2D eigenvalue weighted by molar-refractivity contribution is -0.137. The van der Waals surface area contributed by atoms with Crippen molar-refractivity contribution in [2.24, 2.45) is 0 Å². The van der Waals surface area contributed by atoms with Crippen molar-refractivity contribution < 1.29 is 18.0 Å². The molecule has 1 aromatic carbocycles. The number of nitrogens with zero attached hydrogens (tertiary/aromatic N) is 4. The molecule has 0 bridgehead atoms. The molecule has 1 unspecified atom stereocenters. The minimum atomic E-state index is -4.48. The predicted octanol–water partition coefficient (Wildman–Crippen LogP) is 5.43. The number of aryl methyl sites for hydroxylation is 2. The number of carbonyl (C=O) groups is 1. The van der Waals surface area contributed by atoms with Crippen molar-refractivity contribution in [1.29, 1.82) is 0 Å². The Labute approximate surface area is 182 Å². The summed E-state index contributed by atoms with van der Waals surface area (Å²) in [7, 11) is 0. The molecule has 1 atom stereocenters. The van der Waals surface area contributed by atoms with Crippen molar-refractivity contribution in [3.8, 4) is 5.82 Å². The Hall–Kier alpha value is -2.81. The summed E-state index contributed by atoms with van der Waals surface area (Å²) in [6, 6.07) is 8.83. The molecule has 1 aliphatic rings. The Bertz CT molecular complexity index is 1120. The van der Waals surface area contributed by atoms with Crippen LogP contribution in [0.2, 0.25) is 0 Å². The first kappa shape index (κ1) is 21.4. The summed E-state index contributed by atoms with van der Waals surface area (Å²) in [5.74, 6) is 0.199. The van der Waals surface area contributed by atoms with Gasteiger partial charge in [-0.05, 0) is 56.7 Å². The maximum atomic E-state index is 13.3. The van der Waals surface area contributed by atoms with Crippen molar-refractivity contribution >= 4 is 23.4 Å². The summed E-state index contributed by atoms with van der Waals surface area (Å²) in [5, 5.41) is 4.56. The first-order valence-electron chi connectivity index (χ1n) is 9.83. The summed E-state index contributed by atoms with van der Waals surface area (Å²) < 4.78 is 41.6. The molecule has 0 saturated carbocycles. The van der Waals surface area contributed by atoms with E-state index in [9.17, 15) is 18.0 Å². The number of hydrogen-bond donors (Lipinski definition) is 0. The minimum Gasteiger partial charge on any atom is -0.307 e. The third-order valence-electron chi connectivity index (χ3n) is 5.13. The van der Waals surface area contributed by atoms with Gasteiger partial charge in [-0.15, -0.1) is 11.8 Å². The monoisotopic (exact) mass is 446 g/mol. The number of hydrogen-bond acceptors (Lipinski definition) is 4. The molecule has 3 heterocycles. The van der Waals surface area contributed by atoms with Crippen molar-refractivity contribution in [3.63, 3.8) is 0 Å². The van der Waals surface area contributed by atoms with Crippen LogP contribution in [0.1, 0.15) is 40.7 Å². The molecule has 5 nitrogen and oxygen atoms in total. The van der Waals surface area contributed by atoms with Crippen LogP contribution < -0.4 is 4.90 Å². The number of amides is 1. The number of rotatable bonds is 2. The second-order valence-corrected chi connectivity index (χ2v) is 9.08. The van der Waals surface area contributed by atoms with E-state index < -0.39 is 11.7 Å². The normalized spacial score (nSPS) is 16.7. The van der Waals surface area contributed by atoms with Crippen LogP contribution in [0, 0.1) is 13.8 Å². The second kappa shape index (κ2) is 8.03. The average molecular weight is 446 g/mol. The zero-order valence-electron chi connectivity index (χ0n) is 17.3. The number of fused-ring (bicyclic) bond motifs is 1. The first-order chi connectivity index (χ1) is 14.6. The predicted molar refractivity (Wildman–Crippen MR) is 114 cm³/mol. The molecule has 0 N–H and O–H groups in total.